The lowest BCUT2D eigenvalue weighted by Gasteiger charge is -2.14. The van der Waals surface area contributed by atoms with E-state index in [4.69, 9.17) is 4.74 Å². The predicted octanol–water partition coefficient (Wildman–Crippen LogP) is 1.28. The molecule has 1 aromatic carbocycles. The van der Waals surface area contributed by atoms with Crippen LogP contribution in [-0.4, -0.2) is 36.5 Å². The number of rotatable bonds is 8. The number of amides is 4. The van der Waals surface area contributed by atoms with E-state index in [1.165, 1.54) is 0 Å². The number of para-hydroxylation sites is 1. The molecule has 0 unspecified atom stereocenters. The lowest BCUT2D eigenvalue weighted by atomic mass is 10.0. The van der Waals surface area contributed by atoms with Gasteiger partial charge in [-0.3, -0.25) is 19.7 Å². The molecule has 0 bridgehead atoms. The average Bonchev–Trinajstić information content (AvgIpc) is 2.95. The van der Waals surface area contributed by atoms with Gasteiger partial charge in [-0.15, -0.1) is 0 Å². The van der Waals surface area contributed by atoms with Crippen LogP contribution in [0.25, 0.3) is 0 Å². The molecule has 8 nitrogen and oxygen atoms in total. The second-order valence-corrected chi connectivity index (χ2v) is 5.92. The highest BCUT2D eigenvalue weighted by Gasteiger charge is 2.29. The van der Waals surface area contributed by atoms with E-state index in [2.05, 4.69) is 16.0 Å². The van der Waals surface area contributed by atoms with Crippen LogP contribution in [0, 0.1) is 0 Å². The Hall–Kier alpha value is -2.90. The van der Waals surface area contributed by atoms with E-state index in [1.807, 2.05) is 32.0 Å². The monoisotopic (exact) mass is 361 g/mol. The van der Waals surface area contributed by atoms with Crippen molar-refractivity contribution < 1.29 is 23.9 Å². The molecule has 2 rings (SSSR count). The van der Waals surface area contributed by atoms with Gasteiger partial charge in [0, 0.05) is 12.1 Å². The molecule has 140 valence electrons. The Labute approximate surface area is 151 Å². The zero-order valence-electron chi connectivity index (χ0n) is 14.9. The van der Waals surface area contributed by atoms with E-state index < -0.39 is 36.5 Å². The topological polar surface area (TPSA) is 114 Å². The van der Waals surface area contributed by atoms with E-state index in [9.17, 15) is 19.2 Å². The Kier molecular flexibility index (Phi) is 6.71. The van der Waals surface area contributed by atoms with E-state index in [0.29, 0.717) is 0 Å². The van der Waals surface area contributed by atoms with Gasteiger partial charge in [0.15, 0.2) is 6.61 Å². The van der Waals surface area contributed by atoms with Crippen molar-refractivity contribution in [3.05, 3.63) is 29.3 Å². The second-order valence-electron chi connectivity index (χ2n) is 5.92. The van der Waals surface area contributed by atoms with E-state index in [-0.39, 0.29) is 12.8 Å². The molecular formula is C18H23N3O5. The smallest absolute Gasteiger partial charge is 0.322 e. The summed E-state index contributed by atoms with van der Waals surface area (Å²) in [6.45, 7) is 3.61. The summed E-state index contributed by atoms with van der Waals surface area (Å²) in [6, 6.07) is 4.52. The highest BCUT2D eigenvalue weighted by Crippen LogP contribution is 2.22. The number of carbonyl (C=O) groups is 4. The van der Waals surface area contributed by atoms with Gasteiger partial charge >= 0.3 is 12.0 Å². The number of nitrogens with one attached hydrogen (secondary N) is 3. The van der Waals surface area contributed by atoms with Crippen LogP contribution >= 0.6 is 0 Å². The van der Waals surface area contributed by atoms with Crippen LogP contribution in [-0.2, 0) is 32.0 Å². The van der Waals surface area contributed by atoms with E-state index in [1.54, 1.807) is 0 Å². The lowest BCUT2D eigenvalue weighted by Crippen LogP contribution is -2.30. The number of carbonyl (C=O) groups excluding carboxylic acids is 4. The van der Waals surface area contributed by atoms with Crippen LogP contribution in [0.3, 0.4) is 0 Å². The standard InChI is InChI=1S/C18H23N3O5/c1-3-11-6-5-7-12(4-2)16(11)20-14(22)10-26-15(23)9-8-13-17(24)21-18(25)19-13/h5-7,13H,3-4,8-10H2,1-2H3,(H,20,22)(H2,19,21,24,25)/t13-/m0/s1. The summed E-state index contributed by atoms with van der Waals surface area (Å²) in [5.74, 6) is -1.49. The minimum absolute atomic E-state index is 0.0720. The summed E-state index contributed by atoms with van der Waals surface area (Å²) in [4.78, 5) is 46.2. The molecule has 8 heteroatoms. The Morgan fingerprint density at radius 3 is 2.35 bits per heavy atom. The van der Waals surface area contributed by atoms with Gasteiger partial charge in [-0.25, -0.2) is 4.79 Å². The highest BCUT2D eigenvalue weighted by atomic mass is 16.5. The molecule has 3 N–H and O–H groups in total. The van der Waals surface area contributed by atoms with Gasteiger partial charge in [0.05, 0.1) is 0 Å². The fourth-order valence-electron chi connectivity index (χ4n) is 2.72. The molecule has 1 heterocycles. The van der Waals surface area contributed by atoms with Gasteiger partial charge in [-0.1, -0.05) is 32.0 Å². The number of hydrogen-bond acceptors (Lipinski definition) is 5. The minimum atomic E-state index is -0.743. The van der Waals surface area contributed by atoms with Crippen LogP contribution in [0.5, 0.6) is 0 Å². The molecule has 0 aromatic heterocycles. The van der Waals surface area contributed by atoms with Crippen LogP contribution in [0.15, 0.2) is 18.2 Å². The molecule has 26 heavy (non-hydrogen) atoms. The third-order valence-electron chi connectivity index (χ3n) is 4.12. The normalized spacial score (nSPS) is 16.0. The van der Waals surface area contributed by atoms with Gasteiger partial charge in [-0.2, -0.15) is 0 Å². The summed E-state index contributed by atoms with van der Waals surface area (Å²) in [5, 5.41) is 7.29. The van der Waals surface area contributed by atoms with Crippen LogP contribution in [0.1, 0.15) is 37.8 Å². The van der Waals surface area contributed by atoms with Gasteiger partial charge in [0.25, 0.3) is 11.8 Å². The third kappa shape index (κ3) is 5.05. The quantitative estimate of drug-likeness (QED) is 0.477. The number of ether oxygens (including phenoxy) is 1. The Balaban J connectivity index is 1.81. The molecular weight excluding hydrogens is 338 g/mol. The number of anilines is 1. The van der Waals surface area contributed by atoms with Crippen LogP contribution in [0.4, 0.5) is 10.5 Å². The number of aryl methyl sites for hydroxylation is 2. The first-order chi connectivity index (χ1) is 12.4. The summed E-state index contributed by atoms with van der Waals surface area (Å²) >= 11 is 0. The van der Waals surface area contributed by atoms with Gasteiger partial charge in [0.1, 0.15) is 6.04 Å². The molecule has 1 aliphatic heterocycles. The molecule has 1 fully saturated rings. The molecule has 0 aliphatic carbocycles. The predicted molar refractivity (Wildman–Crippen MR) is 94.5 cm³/mol. The first kappa shape index (κ1) is 19.4. The first-order valence-electron chi connectivity index (χ1n) is 8.62. The number of urea groups is 1. The fourth-order valence-corrected chi connectivity index (χ4v) is 2.72. The minimum Gasteiger partial charge on any atom is -0.456 e. The Morgan fingerprint density at radius 2 is 1.81 bits per heavy atom. The fraction of sp³-hybridized carbons (Fsp3) is 0.444. The number of imide groups is 1. The SMILES string of the molecule is CCc1cccc(CC)c1NC(=O)COC(=O)CC[C@@H]1NC(=O)NC1=O. The zero-order valence-corrected chi connectivity index (χ0v) is 14.9. The zero-order chi connectivity index (χ0) is 19.1. The summed E-state index contributed by atoms with van der Waals surface area (Å²) in [6.07, 6.45) is 1.60. The average molecular weight is 361 g/mol. The van der Waals surface area contributed by atoms with Crippen molar-refractivity contribution in [2.24, 2.45) is 0 Å². The van der Waals surface area contributed by atoms with Crippen LogP contribution in [0.2, 0.25) is 0 Å². The second kappa shape index (κ2) is 8.98. The molecule has 4 amide bonds. The Bertz CT molecular complexity index is 695. The first-order valence-corrected chi connectivity index (χ1v) is 8.62. The molecule has 0 spiro atoms. The molecule has 0 saturated carbocycles. The largest absolute Gasteiger partial charge is 0.456 e. The highest BCUT2D eigenvalue weighted by molar-refractivity contribution is 6.04. The maximum atomic E-state index is 12.1. The molecule has 1 saturated heterocycles. The van der Waals surface area contributed by atoms with Gasteiger partial charge in [0.2, 0.25) is 0 Å². The summed E-state index contributed by atoms with van der Waals surface area (Å²) < 4.78 is 4.95. The molecule has 1 atom stereocenters. The van der Waals surface area contributed by atoms with Crippen molar-refractivity contribution >= 4 is 29.5 Å². The van der Waals surface area contributed by atoms with E-state index in [0.717, 1.165) is 29.7 Å². The summed E-state index contributed by atoms with van der Waals surface area (Å²) in [5.41, 5.74) is 2.81. The van der Waals surface area contributed by atoms with Gasteiger partial charge < -0.3 is 15.4 Å². The van der Waals surface area contributed by atoms with Crippen molar-refractivity contribution in [3.63, 3.8) is 0 Å². The maximum Gasteiger partial charge on any atom is 0.322 e. The van der Waals surface area contributed by atoms with Crippen molar-refractivity contribution in [2.75, 3.05) is 11.9 Å². The Morgan fingerprint density at radius 1 is 1.15 bits per heavy atom. The molecule has 1 aromatic rings. The lowest BCUT2D eigenvalue weighted by molar-refractivity contribution is -0.147. The van der Waals surface area contributed by atoms with Crippen molar-refractivity contribution in [1.29, 1.82) is 0 Å². The van der Waals surface area contributed by atoms with Crippen molar-refractivity contribution in [2.45, 2.75) is 45.6 Å². The summed E-state index contributed by atoms with van der Waals surface area (Å²) in [7, 11) is 0. The van der Waals surface area contributed by atoms with Crippen molar-refractivity contribution in [1.82, 2.24) is 10.6 Å². The molecule has 1 aliphatic rings. The van der Waals surface area contributed by atoms with Crippen molar-refractivity contribution in [3.8, 4) is 0 Å². The number of hydrogen-bond donors (Lipinski definition) is 3. The van der Waals surface area contributed by atoms with E-state index >= 15 is 0 Å². The third-order valence-corrected chi connectivity index (χ3v) is 4.12. The molecule has 0 radical (unpaired) electrons. The maximum absolute atomic E-state index is 12.1. The number of esters is 1. The number of benzene rings is 1. The van der Waals surface area contributed by atoms with Crippen LogP contribution < -0.4 is 16.0 Å². The van der Waals surface area contributed by atoms with Gasteiger partial charge in [-0.05, 0) is 30.4 Å².